The van der Waals surface area contributed by atoms with Gasteiger partial charge in [0.2, 0.25) is 0 Å². The minimum absolute atomic E-state index is 0.00344. The van der Waals surface area contributed by atoms with Crippen molar-refractivity contribution in [2.24, 2.45) is 0 Å². The molecule has 4 aromatic rings. The summed E-state index contributed by atoms with van der Waals surface area (Å²) >= 11 is 0. The maximum Gasteiger partial charge on any atom is 0.263 e. The van der Waals surface area contributed by atoms with Crippen molar-refractivity contribution >= 4 is 44.3 Å². The minimum Gasteiger partial charge on any atom is -0.497 e. The van der Waals surface area contributed by atoms with Gasteiger partial charge in [0.1, 0.15) is 11.5 Å². The van der Waals surface area contributed by atoms with Crippen LogP contribution in [-0.2, 0) is 10.0 Å². The molecule has 1 saturated heterocycles. The van der Waals surface area contributed by atoms with Crippen LogP contribution < -0.4 is 19.5 Å². The third kappa shape index (κ3) is 5.92. The molecule has 1 aliphatic heterocycles. The van der Waals surface area contributed by atoms with Crippen LogP contribution in [0.1, 0.15) is 10.4 Å². The summed E-state index contributed by atoms with van der Waals surface area (Å²) in [6.45, 7) is 2.70. The topological polar surface area (TPSA) is 126 Å². The summed E-state index contributed by atoms with van der Waals surface area (Å²) in [5.74, 6) is 1.06. The molecule has 1 aromatic heterocycles. The first kappa shape index (κ1) is 27.2. The van der Waals surface area contributed by atoms with Gasteiger partial charge in [-0.05, 0) is 37.4 Å². The summed E-state index contributed by atoms with van der Waals surface area (Å²) in [6.07, 6.45) is 0. The number of hydrogen-bond donors (Lipinski definition) is 2. The Morgan fingerprint density at radius 2 is 1.45 bits per heavy atom. The van der Waals surface area contributed by atoms with Gasteiger partial charge in [-0.15, -0.1) is 0 Å². The lowest BCUT2D eigenvalue weighted by atomic mass is 10.2. The second kappa shape index (κ2) is 11.4. The highest BCUT2D eigenvalue weighted by Gasteiger charge is 2.24. The van der Waals surface area contributed by atoms with Gasteiger partial charge in [0.25, 0.3) is 15.9 Å². The lowest BCUT2D eigenvalue weighted by molar-refractivity contribution is 0.0664. The fraction of sp³-hybridized carbons (Fsp3) is 0.250. The van der Waals surface area contributed by atoms with E-state index in [9.17, 15) is 13.2 Å². The number of rotatable bonds is 8. The van der Waals surface area contributed by atoms with Crippen LogP contribution in [0.4, 0.5) is 17.3 Å². The molecule has 0 aliphatic carbocycles. The van der Waals surface area contributed by atoms with Gasteiger partial charge in [-0.3, -0.25) is 9.52 Å². The Bertz CT molecular complexity index is 1630. The highest BCUT2D eigenvalue weighted by molar-refractivity contribution is 7.92. The molecule has 0 unspecified atom stereocenters. The van der Waals surface area contributed by atoms with Gasteiger partial charge >= 0.3 is 0 Å². The molecule has 1 aliphatic rings. The molecule has 1 amide bonds. The standard InChI is InChI=1S/C28H30N6O5S/c1-33-11-13-34(14-12-33)28(35)19-7-6-8-23(15-19)40(36,37)32-27-26(30-24-9-4-5-10-25(24)31-27)29-20-16-21(38-2)18-22(17-20)39-3/h4-10,15-18H,11-14H2,1-3H3,(H,29,30)(H,31,32). The fourth-order valence-corrected chi connectivity index (χ4v) is 5.40. The first-order valence-corrected chi connectivity index (χ1v) is 14.1. The third-order valence-electron chi connectivity index (χ3n) is 6.60. The number of piperazine rings is 1. The normalized spacial score (nSPS) is 14.1. The number of likely N-dealkylation sites (N-methyl/N-ethyl adjacent to an activating group) is 1. The Morgan fingerprint density at radius 1 is 0.825 bits per heavy atom. The molecular weight excluding hydrogens is 532 g/mol. The number of ether oxygens (including phenoxy) is 2. The van der Waals surface area contributed by atoms with Crippen LogP contribution in [0.25, 0.3) is 11.0 Å². The molecule has 0 atom stereocenters. The molecule has 0 spiro atoms. The van der Waals surface area contributed by atoms with E-state index < -0.39 is 10.0 Å². The summed E-state index contributed by atoms with van der Waals surface area (Å²) in [5.41, 5.74) is 1.94. The van der Waals surface area contributed by atoms with Gasteiger partial charge in [0.15, 0.2) is 11.6 Å². The smallest absolute Gasteiger partial charge is 0.263 e. The van der Waals surface area contributed by atoms with Crippen molar-refractivity contribution < 1.29 is 22.7 Å². The molecule has 40 heavy (non-hydrogen) atoms. The van der Waals surface area contributed by atoms with E-state index in [0.29, 0.717) is 46.9 Å². The largest absolute Gasteiger partial charge is 0.497 e. The summed E-state index contributed by atoms with van der Waals surface area (Å²) in [5, 5.41) is 3.14. The van der Waals surface area contributed by atoms with Crippen molar-refractivity contribution in [2.75, 3.05) is 57.5 Å². The van der Waals surface area contributed by atoms with E-state index in [-0.39, 0.29) is 22.4 Å². The highest BCUT2D eigenvalue weighted by Crippen LogP contribution is 2.31. The minimum atomic E-state index is -4.14. The van der Waals surface area contributed by atoms with Crippen LogP contribution in [0, 0.1) is 0 Å². The van der Waals surface area contributed by atoms with Crippen LogP contribution in [-0.4, -0.2) is 81.5 Å². The number of benzene rings is 3. The van der Waals surface area contributed by atoms with Crippen LogP contribution >= 0.6 is 0 Å². The molecule has 2 heterocycles. The van der Waals surface area contributed by atoms with Crippen molar-refractivity contribution in [2.45, 2.75) is 4.90 Å². The molecule has 0 radical (unpaired) electrons. The second-order valence-electron chi connectivity index (χ2n) is 9.36. The van der Waals surface area contributed by atoms with Gasteiger partial charge in [-0.2, -0.15) is 0 Å². The fourth-order valence-electron chi connectivity index (χ4n) is 4.35. The van der Waals surface area contributed by atoms with E-state index in [1.165, 1.54) is 26.4 Å². The Morgan fingerprint density at radius 3 is 2.08 bits per heavy atom. The lowest BCUT2D eigenvalue weighted by Gasteiger charge is -2.32. The van der Waals surface area contributed by atoms with Gasteiger partial charge < -0.3 is 24.6 Å². The van der Waals surface area contributed by atoms with Gasteiger partial charge in [0.05, 0.1) is 30.1 Å². The second-order valence-corrected chi connectivity index (χ2v) is 11.0. The number of sulfonamides is 1. The number of hydrogen-bond acceptors (Lipinski definition) is 9. The molecule has 0 bridgehead atoms. The highest BCUT2D eigenvalue weighted by atomic mass is 32.2. The number of carbonyl (C=O) groups is 1. The van der Waals surface area contributed by atoms with E-state index in [0.717, 1.165) is 13.1 Å². The number of amides is 1. The summed E-state index contributed by atoms with van der Waals surface area (Å²) < 4.78 is 40.4. The quantitative estimate of drug-likeness (QED) is 0.331. The Hall–Kier alpha value is -4.42. The van der Waals surface area contributed by atoms with E-state index in [1.807, 2.05) is 13.1 Å². The third-order valence-corrected chi connectivity index (χ3v) is 7.93. The van der Waals surface area contributed by atoms with E-state index in [2.05, 4.69) is 24.9 Å². The summed E-state index contributed by atoms with van der Waals surface area (Å²) in [4.78, 5) is 26.1. The predicted molar refractivity (Wildman–Crippen MR) is 153 cm³/mol. The summed E-state index contributed by atoms with van der Waals surface area (Å²) in [7, 11) is 0.942. The number of methoxy groups -OCH3 is 2. The number of nitrogens with one attached hydrogen (secondary N) is 2. The molecule has 3 aromatic carbocycles. The molecule has 2 N–H and O–H groups in total. The van der Waals surface area contributed by atoms with Crippen LogP contribution in [0.15, 0.2) is 71.6 Å². The molecule has 1 fully saturated rings. The Labute approximate surface area is 232 Å². The zero-order chi connectivity index (χ0) is 28.3. The Kier molecular flexibility index (Phi) is 7.71. The molecule has 12 heteroatoms. The monoisotopic (exact) mass is 562 g/mol. The van der Waals surface area contributed by atoms with Crippen molar-refractivity contribution in [3.05, 3.63) is 72.3 Å². The van der Waals surface area contributed by atoms with Crippen LogP contribution in [0.3, 0.4) is 0 Å². The number of aromatic nitrogens is 2. The maximum absolute atomic E-state index is 13.6. The van der Waals surface area contributed by atoms with Gasteiger partial charge in [-0.1, -0.05) is 18.2 Å². The van der Waals surface area contributed by atoms with Crippen LogP contribution in [0.5, 0.6) is 11.5 Å². The average Bonchev–Trinajstić information content (AvgIpc) is 2.97. The lowest BCUT2D eigenvalue weighted by Crippen LogP contribution is -2.47. The number of nitrogens with zero attached hydrogens (tertiary/aromatic N) is 4. The zero-order valence-electron chi connectivity index (χ0n) is 22.4. The van der Waals surface area contributed by atoms with Crippen molar-refractivity contribution in [3.63, 3.8) is 0 Å². The summed E-state index contributed by atoms with van der Waals surface area (Å²) in [6, 6.07) is 18.3. The first-order valence-electron chi connectivity index (χ1n) is 12.6. The SMILES string of the molecule is COc1cc(Nc2nc3ccccc3nc2NS(=O)(=O)c2cccc(C(=O)N3CCN(C)CC3)c2)cc(OC)c1. The van der Waals surface area contributed by atoms with E-state index in [1.54, 1.807) is 53.4 Å². The molecular formula is C28H30N6O5S. The Balaban J connectivity index is 1.48. The molecule has 0 saturated carbocycles. The molecule has 5 rings (SSSR count). The number of carbonyl (C=O) groups excluding carboxylic acids is 1. The number of para-hydroxylation sites is 2. The molecule has 11 nitrogen and oxygen atoms in total. The number of fused-ring (bicyclic) bond motifs is 1. The zero-order valence-corrected chi connectivity index (χ0v) is 23.2. The van der Waals surface area contributed by atoms with Gasteiger partial charge in [0, 0.05) is 55.6 Å². The van der Waals surface area contributed by atoms with Crippen molar-refractivity contribution in [1.82, 2.24) is 19.8 Å². The predicted octanol–water partition coefficient (Wildman–Crippen LogP) is 3.58. The van der Waals surface area contributed by atoms with Crippen molar-refractivity contribution in [1.29, 1.82) is 0 Å². The van der Waals surface area contributed by atoms with E-state index >= 15 is 0 Å². The van der Waals surface area contributed by atoms with E-state index in [4.69, 9.17) is 9.47 Å². The average molecular weight is 563 g/mol. The van der Waals surface area contributed by atoms with Crippen LogP contribution in [0.2, 0.25) is 0 Å². The first-order chi connectivity index (χ1) is 19.3. The maximum atomic E-state index is 13.6. The number of anilines is 3. The van der Waals surface area contributed by atoms with Crippen molar-refractivity contribution in [3.8, 4) is 11.5 Å². The molecule has 208 valence electrons. The van der Waals surface area contributed by atoms with Gasteiger partial charge in [-0.25, -0.2) is 18.4 Å².